The summed E-state index contributed by atoms with van der Waals surface area (Å²) in [7, 11) is 0. The first-order valence-corrected chi connectivity index (χ1v) is 8.30. The van der Waals surface area contributed by atoms with Crippen LogP contribution in [0.3, 0.4) is 0 Å². The number of carbonyl (C=O) groups excluding carboxylic acids is 3. The summed E-state index contributed by atoms with van der Waals surface area (Å²) in [5.41, 5.74) is 1.39. The molecule has 1 aliphatic rings. The van der Waals surface area contributed by atoms with Crippen LogP contribution in [0.1, 0.15) is 23.7 Å². The minimum Gasteiger partial charge on any atom is -0.494 e. The molecule has 2 aromatic carbocycles. The minimum absolute atomic E-state index is 0.168. The van der Waals surface area contributed by atoms with Crippen LogP contribution in [-0.4, -0.2) is 30.4 Å². The van der Waals surface area contributed by atoms with Gasteiger partial charge in [0, 0.05) is 5.69 Å². The summed E-state index contributed by atoms with van der Waals surface area (Å²) in [5, 5.41) is 7.98. The Morgan fingerprint density at radius 1 is 1.12 bits per heavy atom. The quantitative estimate of drug-likeness (QED) is 0.767. The molecule has 1 aliphatic heterocycles. The monoisotopic (exact) mass is 353 g/mol. The number of nitrogens with one attached hydrogen (secondary N) is 3. The van der Waals surface area contributed by atoms with E-state index >= 15 is 0 Å². The maximum Gasteiger partial charge on any atom is 0.254 e. The van der Waals surface area contributed by atoms with Crippen LogP contribution in [0.15, 0.2) is 48.5 Å². The molecule has 1 heterocycles. The lowest BCUT2D eigenvalue weighted by atomic mass is 10.1. The molecule has 0 aliphatic carbocycles. The van der Waals surface area contributed by atoms with Crippen molar-refractivity contribution in [2.45, 2.75) is 19.4 Å². The van der Waals surface area contributed by atoms with E-state index in [0.717, 1.165) is 0 Å². The first kappa shape index (κ1) is 17.5. The second-order valence-electron chi connectivity index (χ2n) is 5.77. The molecule has 0 aromatic heterocycles. The molecule has 3 N–H and O–H groups in total. The molecule has 134 valence electrons. The van der Waals surface area contributed by atoms with Crippen molar-refractivity contribution in [1.29, 1.82) is 0 Å². The van der Waals surface area contributed by atoms with Gasteiger partial charge in [0.05, 0.1) is 24.3 Å². The summed E-state index contributed by atoms with van der Waals surface area (Å²) in [6.45, 7) is 2.45. The van der Waals surface area contributed by atoms with E-state index in [-0.39, 0.29) is 12.3 Å². The third-order valence-corrected chi connectivity index (χ3v) is 3.89. The van der Waals surface area contributed by atoms with Crippen molar-refractivity contribution in [3.8, 4) is 5.75 Å². The van der Waals surface area contributed by atoms with Crippen LogP contribution >= 0.6 is 0 Å². The predicted molar refractivity (Wildman–Crippen MR) is 97.2 cm³/mol. The van der Waals surface area contributed by atoms with Crippen LogP contribution in [0.4, 0.5) is 11.4 Å². The fourth-order valence-corrected chi connectivity index (χ4v) is 2.65. The molecule has 1 atom stereocenters. The smallest absolute Gasteiger partial charge is 0.254 e. The van der Waals surface area contributed by atoms with Crippen LogP contribution in [0, 0.1) is 0 Å². The molecular weight excluding hydrogens is 334 g/mol. The van der Waals surface area contributed by atoms with Crippen LogP contribution in [-0.2, 0) is 9.59 Å². The summed E-state index contributed by atoms with van der Waals surface area (Å²) in [6, 6.07) is 12.7. The number of fused-ring (bicyclic) bond motifs is 1. The summed E-state index contributed by atoms with van der Waals surface area (Å²) >= 11 is 0. The molecule has 7 nitrogen and oxygen atoms in total. The molecular formula is C19H19N3O4. The Kier molecular flexibility index (Phi) is 5.17. The predicted octanol–water partition coefficient (Wildman–Crippen LogP) is 2.16. The lowest BCUT2D eigenvalue weighted by molar-refractivity contribution is -0.122. The highest BCUT2D eigenvalue weighted by Crippen LogP contribution is 2.19. The maximum atomic E-state index is 12.3. The molecule has 3 amide bonds. The van der Waals surface area contributed by atoms with Crippen LogP contribution < -0.4 is 20.7 Å². The Hall–Kier alpha value is -3.35. The number of hydrogen-bond acceptors (Lipinski definition) is 4. The van der Waals surface area contributed by atoms with E-state index in [2.05, 4.69) is 16.0 Å². The van der Waals surface area contributed by atoms with Gasteiger partial charge in [0.15, 0.2) is 0 Å². The Morgan fingerprint density at radius 3 is 2.58 bits per heavy atom. The van der Waals surface area contributed by atoms with E-state index in [9.17, 15) is 14.4 Å². The standard InChI is InChI=1S/C19H19N3O4/c1-2-26-13-9-7-12(8-10-13)20-17(23)11-16-19(25)21-15-6-4-3-5-14(15)18(24)22-16/h3-10,16H,2,11H2,1H3,(H,20,23)(H,21,25)(H,22,24). The van der Waals surface area contributed by atoms with Gasteiger partial charge in [-0.15, -0.1) is 0 Å². The van der Waals surface area contributed by atoms with Gasteiger partial charge in [0.2, 0.25) is 11.8 Å². The highest BCUT2D eigenvalue weighted by molar-refractivity contribution is 6.11. The largest absolute Gasteiger partial charge is 0.494 e. The van der Waals surface area contributed by atoms with Crippen molar-refractivity contribution in [3.05, 3.63) is 54.1 Å². The Morgan fingerprint density at radius 2 is 1.85 bits per heavy atom. The zero-order chi connectivity index (χ0) is 18.5. The lowest BCUT2D eigenvalue weighted by Crippen LogP contribution is -2.43. The molecule has 3 rings (SSSR count). The van der Waals surface area contributed by atoms with Gasteiger partial charge in [-0.2, -0.15) is 0 Å². The van der Waals surface area contributed by atoms with Gasteiger partial charge in [0.1, 0.15) is 11.8 Å². The van der Waals surface area contributed by atoms with Gasteiger partial charge in [-0.3, -0.25) is 14.4 Å². The van der Waals surface area contributed by atoms with Crippen molar-refractivity contribution in [1.82, 2.24) is 5.32 Å². The molecule has 0 saturated carbocycles. The van der Waals surface area contributed by atoms with Gasteiger partial charge in [-0.1, -0.05) is 12.1 Å². The van der Waals surface area contributed by atoms with Crippen molar-refractivity contribution in [2.24, 2.45) is 0 Å². The molecule has 2 aromatic rings. The van der Waals surface area contributed by atoms with E-state index in [0.29, 0.717) is 29.3 Å². The van der Waals surface area contributed by atoms with Crippen LogP contribution in [0.5, 0.6) is 5.75 Å². The molecule has 0 fully saturated rings. The molecule has 7 heteroatoms. The zero-order valence-electron chi connectivity index (χ0n) is 14.2. The molecule has 0 spiro atoms. The number of carbonyl (C=O) groups is 3. The highest BCUT2D eigenvalue weighted by Gasteiger charge is 2.29. The summed E-state index contributed by atoms with van der Waals surface area (Å²) in [5.74, 6) is -0.484. The number of benzene rings is 2. The second-order valence-corrected chi connectivity index (χ2v) is 5.77. The van der Waals surface area contributed by atoms with Gasteiger partial charge < -0.3 is 20.7 Å². The van der Waals surface area contributed by atoms with Crippen LogP contribution in [0.2, 0.25) is 0 Å². The van der Waals surface area contributed by atoms with Gasteiger partial charge in [0.25, 0.3) is 5.91 Å². The molecule has 0 radical (unpaired) electrons. The maximum absolute atomic E-state index is 12.3. The van der Waals surface area contributed by atoms with Crippen molar-refractivity contribution >= 4 is 29.1 Å². The Bertz CT molecular complexity index is 833. The number of rotatable bonds is 5. The third-order valence-electron chi connectivity index (χ3n) is 3.89. The molecule has 26 heavy (non-hydrogen) atoms. The Balaban J connectivity index is 1.64. The number of anilines is 2. The van der Waals surface area contributed by atoms with Crippen molar-refractivity contribution < 1.29 is 19.1 Å². The fourth-order valence-electron chi connectivity index (χ4n) is 2.65. The summed E-state index contributed by atoms with van der Waals surface area (Å²) in [6.07, 6.45) is -0.168. The van der Waals surface area contributed by atoms with Gasteiger partial charge >= 0.3 is 0 Å². The zero-order valence-corrected chi connectivity index (χ0v) is 14.2. The molecule has 1 unspecified atom stereocenters. The summed E-state index contributed by atoms with van der Waals surface area (Å²) < 4.78 is 5.34. The SMILES string of the molecule is CCOc1ccc(NC(=O)CC2NC(=O)c3ccccc3NC2=O)cc1. The normalized spacial score (nSPS) is 16.0. The van der Waals surface area contributed by atoms with E-state index in [1.165, 1.54) is 0 Å². The van der Waals surface area contributed by atoms with E-state index in [1.54, 1.807) is 48.5 Å². The average Bonchev–Trinajstić information content (AvgIpc) is 2.74. The van der Waals surface area contributed by atoms with E-state index < -0.39 is 17.9 Å². The number of hydrogen-bond donors (Lipinski definition) is 3. The van der Waals surface area contributed by atoms with E-state index in [4.69, 9.17) is 4.74 Å². The van der Waals surface area contributed by atoms with E-state index in [1.807, 2.05) is 6.92 Å². The fraction of sp³-hybridized carbons (Fsp3) is 0.211. The van der Waals surface area contributed by atoms with Crippen molar-refractivity contribution in [3.63, 3.8) is 0 Å². The van der Waals surface area contributed by atoms with Gasteiger partial charge in [-0.25, -0.2) is 0 Å². The molecule has 0 saturated heterocycles. The highest BCUT2D eigenvalue weighted by atomic mass is 16.5. The van der Waals surface area contributed by atoms with Crippen LogP contribution in [0.25, 0.3) is 0 Å². The molecule has 0 bridgehead atoms. The third kappa shape index (κ3) is 4.00. The Labute approximate surface area is 150 Å². The van der Waals surface area contributed by atoms with Gasteiger partial charge in [-0.05, 0) is 43.3 Å². The number of ether oxygens (including phenoxy) is 1. The first-order chi connectivity index (χ1) is 12.6. The lowest BCUT2D eigenvalue weighted by Gasteiger charge is -2.14. The topological polar surface area (TPSA) is 96.5 Å². The second kappa shape index (κ2) is 7.69. The first-order valence-electron chi connectivity index (χ1n) is 8.30. The average molecular weight is 353 g/mol. The number of para-hydroxylation sites is 1. The van der Waals surface area contributed by atoms with Crippen molar-refractivity contribution in [2.75, 3.05) is 17.2 Å². The number of amides is 3. The minimum atomic E-state index is -0.947. The summed E-state index contributed by atoms with van der Waals surface area (Å²) in [4.78, 5) is 36.8.